The average molecular weight is 304 g/mol. The highest BCUT2D eigenvalue weighted by Crippen LogP contribution is 2.30. The van der Waals surface area contributed by atoms with Crippen LogP contribution >= 0.6 is 11.8 Å². The molecule has 5 heteroatoms. The lowest BCUT2D eigenvalue weighted by Crippen LogP contribution is -1.97. The van der Waals surface area contributed by atoms with Crippen molar-refractivity contribution in [3.05, 3.63) is 59.4 Å². The number of benzene rings is 2. The van der Waals surface area contributed by atoms with E-state index in [1.807, 2.05) is 0 Å². The van der Waals surface area contributed by atoms with Gasteiger partial charge in [-0.05, 0) is 30.3 Å². The summed E-state index contributed by atoms with van der Waals surface area (Å²) in [5, 5.41) is 8.92. The van der Waals surface area contributed by atoms with Gasteiger partial charge in [0.2, 0.25) is 0 Å². The van der Waals surface area contributed by atoms with Gasteiger partial charge in [0.25, 0.3) is 0 Å². The number of hydrogen-bond acceptors (Lipinski definition) is 3. The molecule has 0 fully saturated rings. The Morgan fingerprint density at radius 1 is 1.10 bits per heavy atom. The summed E-state index contributed by atoms with van der Waals surface area (Å²) in [4.78, 5) is 23.4. The van der Waals surface area contributed by atoms with E-state index in [1.165, 1.54) is 12.1 Å². The van der Waals surface area contributed by atoms with Crippen molar-refractivity contribution in [3.63, 3.8) is 0 Å². The molecule has 0 radical (unpaired) electrons. The molecule has 3 nitrogen and oxygen atoms in total. The minimum Gasteiger partial charge on any atom is -0.478 e. The first-order valence-corrected chi connectivity index (χ1v) is 7.17. The van der Waals surface area contributed by atoms with E-state index < -0.39 is 11.8 Å². The van der Waals surface area contributed by atoms with Gasteiger partial charge in [-0.25, -0.2) is 9.18 Å². The normalized spacial score (nSPS) is 10.4. The highest BCUT2D eigenvalue weighted by atomic mass is 32.2. The van der Waals surface area contributed by atoms with Crippen LogP contribution in [-0.4, -0.2) is 16.9 Å². The monoisotopic (exact) mass is 304 g/mol. The number of ketones is 1. The van der Waals surface area contributed by atoms with Crippen LogP contribution in [0.1, 0.15) is 34.1 Å². The number of aromatic carboxylic acids is 1. The standard InChI is InChI=1S/C16H13FO3S/c1-2-14(18)10-3-6-12(7-4-10)21-15-9-11(16(19)20)5-8-13(15)17/h3-9H,2H2,1H3,(H,19,20). The van der Waals surface area contributed by atoms with Gasteiger partial charge >= 0.3 is 5.97 Å². The van der Waals surface area contributed by atoms with E-state index in [4.69, 9.17) is 5.11 Å². The minimum atomic E-state index is -1.10. The van der Waals surface area contributed by atoms with E-state index in [0.29, 0.717) is 12.0 Å². The summed E-state index contributed by atoms with van der Waals surface area (Å²) < 4.78 is 13.7. The van der Waals surface area contributed by atoms with E-state index >= 15 is 0 Å². The van der Waals surface area contributed by atoms with Crippen molar-refractivity contribution in [2.45, 2.75) is 23.1 Å². The van der Waals surface area contributed by atoms with Crippen LogP contribution in [0.15, 0.2) is 52.3 Å². The highest BCUT2D eigenvalue weighted by Gasteiger charge is 2.10. The molecule has 2 aromatic carbocycles. The lowest BCUT2D eigenvalue weighted by Gasteiger charge is -2.05. The summed E-state index contributed by atoms with van der Waals surface area (Å²) in [7, 11) is 0. The van der Waals surface area contributed by atoms with Gasteiger partial charge in [0, 0.05) is 21.8 Å². The second-order valence-electron chi connectivity index (χ2n) is 4.35. The summed E-state index contributed by atoms with van der Waals surface area (Å²) in [6, 6.07) is 10.5. The number of Topliss-reactive ketones (excluding diaryl/α,β-unsaturated/α-hetero) is 1. The molecule has 1 N–H and O–H groups in total. The molecule has 0 unspecified atom stereocenters. The molecule has 108 valence electrons. The van der Waals surface area contributed by atoms with Crippen LogP contribution < -0.4 is 0 Å². The molecule has 2 aromatic rings. The molecule has 0 aliphatic heterocycles. The van der Waals surface area contributed by atoms with Crippen molar-refractivity contribution in [2.24, 2.45) is 0 Å². The number of rotatable bonds is 5. The molecule has 2 rings (SSSR count). The van der Waals surface area contributed by atoms with Gasteiger partial charge in [-0.1, -0.05) is 30.8 Å². The lowest BCUT2D eigenvalue weighted by molar-refractivity contribution is 0.0696. The van der Waals surface area contributed by atoms with Crippen LogP contribution in [-0.2, 0) is 0 Å². The molecular formula is C16H13FO3S. The molecular weight excluding hydrogens is 291 g/mol. The Bertz CT molecular complexity index is 680. The van der Waals surface area contributed by atoms with Gasteiger partial charge in [-0.2, -0.15) is 0 Å². The Morgan fingerprint density at radius 2 is 1.71 bits per heavy atom. The Balaban J connectivity index is 2.23. The number of carbonyl (C=O) groups excluding carboxylic acids is 1. The molecule has 0 spiro atoms. The maximum absolute atomic E-state index is 13.7. The van der Waals surface area contributed by atoms with Crippen LogP contribution in [0.3, 0.4) is 0 Å². The topological polar surface area (TPSA) is 54.4 Å². The zero-order valence-electron chi connectivity index (χ0n) is 11.3. The van der Waals surface area contributed by atoms with Gasteiger partial charge in [0.1, 0.15) is 5.82 Å². The number of carboxylic acid groups (broad SMARTS) is 1. The first-order chi connectivity index (χ1) is 10.0. The molecule has 0 atom stereocenters. The van der Waals surface area contributed by atoms with Gasteiger partial charge in [-0.3, -0.25) is 4.79 Å². The molecule has 0 amide bonds. The summed E-state index contributed by atoms with van der Waals surface area (Å²) >= 11 is 1.12. The van der Waals surface area contributed by atoms with Gasteiger partial charge < -0.3 is 5.11 Å². The van der Waals surface area contributed by atoms with E-state index in [9.17, 15) is 14.0 Å². The Hall–Kier alpha value is -2.14. The third-order valence-corrected chi connectivity index (χ3v) is 3.94. The third kappa shape index (κ3) is 3.70. The van der Waals surface area contributed by atoms with E-state index in [2.05, 4.69) is 0 Å². The van der Waals surface area contributed by atoms with Crippen LogP contribution in [0.25, 0.3) is 0 Å². The van der Waals surface area contributed by atoms with Crippen molar-refractivity contribution in [1.29, 1.82) is 0 Å². The van der Waals surface area contributed by atoms with Gasteiger partial charge in [0.15, 0.2) is 5.78 Å². The molecule has 0 heterocycles. The van der Waals surface area contributed by atoms with Crippen LogP contribution in [0.2, 0.25) is 0 Å². The summed E-state index contributed by atoms with van der Waals surface area (Å²) in [6.45, 7) is 1.79. The smallest absolute Gasteiger partial charge is 0.335 e. The average Bonchev–Trinajstić information content (AvgIpc) is 2.49. The predicted octanol–water partition coefficient (Wildman–Crippen LogP) is 4.27. The zero-order valence-corrected chi connectivity index (χ0v) is 12.1. The maximum Gasteiger partial charge on any atom is 0.335 e. The van der Waals surface area contributed by atoms with E-state index in [-0.39, 0.29) is 16.2 Å². The number of carbonyl (C=O) groups is 2. The lowest BCUT2D eigenvalue weighted by atomic mass is 10.1. The Morgan fingerprint density at radius 3 is 2.29 bits per heavy atom. The molecule has 0 aromatic heterocycles. The summed E-state index contributed by atoms with van der Waals surface area (Å²) in [5.74, 6) is -1.52. The highest BCUT2D eigenvalue weighted by molar-refractivity contribution is 7.99. The first-order valence-electron chi connectivity index (χ1n) is 6.35. The molecule has 0 aliphatic carbocycles. The summed E-state index contributed by atoms with van der Waals surface area (Å²) in [6.07, 6.45) is 0.432. The van der Waals surface area contributed by atoms with E-state index in [1.54, 1.807) is 31.2 Å². The fourth-order valence-electron chi connectivity index (χ4n) is 1.75. The number of halogens is 1. The molecule has 0 aliphatic rings. The quantitative estimate of drug-likeness (QED) is 0.838. The second kappa shape index (κ2) is 6.54. The van der Waals surface area contributed by atoms with Gasteiger partial charge in [0.05, 0.1) is 5.56 Å². The van der Waals surface area contributed by atoms with Crippen LogP contribution in [0.4, 0.5) is 4.39 Å². The summed E-state index contributed by atoms with van der Waals surface area (Å²) in [5.41, 5.74) is 0.651. The van der Waals surface area contributed by atoms with E-state index in [0.717, 1.165) is 22.7 Å². The Kier molecular flexibility index (Phi) is 4.75. The van der Waals surface area contributed by atoms with Crippen molar-refractivity contribution < 1.29 is 19.1 Å². The zero-order chi connectivity index (χ0) is 15.4. The van der Waals surface area contributed by atoms with Crippen LogP contribution in [0.5, 0.6) is 0 Å². The molecule has 0 bridgehead atoms. The first kappa shape index (κ1) is 15.3. The fourth-order valence-corrected chi connectivity index (χ4v) is 2.63. The Labute approximate surface area is 125 Å². The number of hydrogen-bond donors (Lipinski definition) is 1. The third-order valence-electron chi connectivity index (χ3n) is 2.90. The minimum absolute atomic E-state index is 0.0386. The predicted molar refractivity (Wildman–Crippen MR) is 78.5 cm³/mol. The maximum atomic E-state index is 13.7. The van der Waals surface area contributed by atoms with Crippen molar-refractivity contribution in [2.75, 3.05) is 0 Å². The largest absolute Gasteiger partial charge is 0.478 e. The van der Waals surface area contributed by atoms with Crippen molar-refractivity contribution in [1.82, 2.24) is 0 Å². The molecule has 0 saturated heterocycles. The van der Waals surface area contributed by atoms with Gasteiger partial charge in [-0.15, -0.1) is 0 Å². The van der Waals surface area contributed by atoms with Crippen LogP contribution in [0, 0.1) is 5.82 Å². The number of carboxylic acids is 1. The molecule has 0 saturated carbocycles. The fraction of sp³-hybridized carbons (Fsp3) is 0.125. The van der Waals surface area contributed by atoms with Crippen molar-refractivity contribution >= 4 is 23.5 Å². The van der Waals surface area contributed by atoms with Crippen molar-refractivity contribution in [3.8, 4) is 0 Å². The SMILES string of the molecule is CCC(=O)c1ccc(Sc2cc(C(=O)O)ccc2F)cc1. The molecule has 21 heavy (non-hydrogen) atoms. The second-order valence-corrected chi connectivity index (χ2v) is 5.47.